The lowest BCUT2D eigenvalue weighted by Crippen LogP contribution is -2.61. The molecule has 3 aliphatic rings. The van der Waals surface area contributed by atoms with Crippen molar-refractivity contribution in [2.75, 3.05) is 15.0 Å². The van der Waals surface area contributed by atoms with E-state index in [2.05, 4.69) is 321 Å². The Bertz CT molecular complexity index is 4540. The highest BCUT2D eigenvalue weighted by molar-refractivity contribution is 7.26. The van der Waals surface area contributed by atoms with Crippen LogP contribution < -0.4 is 26.0 Å². The van der Waals surface area contributed by atoms with Gasteiger partial charge in [0.25, 0.3) is 0 Å². The van der Waals surface area contributed by atoms with Gasteiger partial charge in [0.2, 0.25) is 0 Å². The van der Waals surface area contributed by atoms with Crippen LogP contribution >= 0.6 is 11.3 Å². The molecule has 0 atom stereocenters. The highest BCUT2D eigenvalue weighted by Gasteiger charge is 2.49. The van der Waals surface area contributed by atoms with Gasteiger partial charge in [-0.25, -0.2) is 0 Å². The molecule has 0 fully saturated rings. The number of benzene rings is 11. The van der Waals surface area contributed by atoms with Crippen LogP contribution in [-0.4, -0.2) is 6.85 Å². The molecular weight excluding hydrogens is 1060 g/mol. The first kappa shape index (κ1) is 54.0. The van der Waals surface area contributed by atoms with E-state index in [1.54, 1.807) is 0 Å². The summed E-state index contributed by atoms with van der Waals surface area (Å²) in [4.78, 5) is 5.25. The smallest absolute Gasteiger partial charge is 0.333 e. The fraction of sp³-hybridized carbons (Fsp3) is 0.210. The van der Waals surface area contributed by atoms with Crippen LogP contribution in [0.5, 0.6) is 0 Å². The third kappa shape index (κ3) is 8.51. The largest absolute Gasteiger partial charge is 0.376 e. The average molecular weight is 1130 g/mol. The second-order valence-corrected chi connectivity index (χ2v) is 29.1. The third-order valence-electron chi connectivity index (χ3n) is 19.8. The Hall–Kier alpha value is -8.64. The van der Waals surface area contributed by atoms with Gasteiger partial charge in [-0.3, -0.25) is 0 Å². The van der Waals surface area contributed by atoms with E-state index >= 15 is 0 Å². The van der Waals surface area contributed by atoms with Crippen molar-refractivity contribution in [2.24, 2.45) is 0 Å². The molecule has 11 aromatic carbocycles. The van der Waals surface area contributed by atoms with Gasteiger partial charge in [-0.15, -0.1) is 11.3 Å². The number of rotatable bonds is 8. The number of hydrogen-bond donors (Lipinski definition) is 1. The van der Waals surface area contributed by atoms with Crippen LogP contribution in [-0.2, 0) is 27.1 Å². The van der Waals surface area contributed by atoms with E-state index in [-0.39, 0.29) is 28.5 Å². The highest BCUT2D eigenvalue weighted by Crippen LogP contribution is 2.55. The van der Waals surface area contributed by atoms with Crippen LogP contribution in [0.1, 0.15) is 127 Å². The van der Waals surface area contributed by atoms with E-state index in [0.29, 0.717) is 0 Å². The molecule has 0 amide bonds. The first-order valence-electron chi connectivity index (χ1n) is 31.0. The molecule has 0 unspecified atom stereocenters. The summed E-state index contributed by atoms with van der Waals surface area (Å²) in [5.74, 6) is 0. The first-order valence-corrected chi connectivity index (χ1v) is 31.8. The second kappa shape index (κ2) is 19.7. The van der Waals surface area contributed by atoms with Gasteiger partial charge in [-0.2, -0.15) is 0 Å². The Morgan fingerprint density at radius 3 is 1.71 bits per heavy atom. The standard InChI is InChI=1S/C81H74BN3S/c1-77(2,3)54-34-38-59(39-35-54)84(60-40-36-55(37-41-60)78(4,5)6)61-42-44-63-70(50-61)85(62-43-45-65-67(49-62)80(9,10)47-46-79(65,7)8)82-68-30-21-29-66(76(68)83-69-51-72-73(74(63)75(69)82)64-28-19-20-31-71(64)86-72)81(56-24-13-11-14-25-56,57-26-15-12-16-27-57)58-33-32-52-22-17-18-23-53(52)48-58/h11-45,48-51,83H,46-47H2,1-10H3. The van der Waals surface area contributed by atoms with Gasteiger partial charge in [0.1, 0.15) is 0 Å². The Balaban J connectivity index is 1.06. The minimum Gasteiger partial charge on any atom is -0.376 e. The molecular formula is C81H74BN3S. The van der Waals surface area contributed by atoms with E-state index in [1.165, 1.54) is 109 Å². The number of para-hydroxylation sites is 1. The number of anilines is 7. The van der Waals surface area contributed by atoms with Crippen LogP contribution in [0.2, 0.25) is 0 Å². The molecule has 1 aliphatic carbocycles. The topological polar surface area (TPSA) is 18.5 Å². The summed E-state index contributed by atoms with van der Waals surface area (Å²) in [5, 5.41) is 9.45. The van der Waals surface area contributed by atoms with Gasteiger partial charge in [0.15, 0.2) is 0 Å². The van der Waals surface area contributed by atoms with Crippen LogP contribution in [0.25, 0.3) is 42.1 Å². The number of fused-ring (bicyclic) bond motifs is 10. The van der Waals surface area contributed by atoms with Gasteiger partial charge >= 0.3 is 6.85 Å². The summed E-state index contributed by atoms with van der Waals surface area (Å²) in [6.07, 6.45) is 2.28. The van der Waals surface area contributed by atoms with E-state index in [0.717, 1.165) is 41.3 Å². The van der Waals surface area contributed by atoms with Crippen molar-refractivity contribution in [2.45, 2.75) is 109 Å². The van der Waals surface area contributed by atoms with Crippen LogP contribution in [0.15, 0.2) is 237 Å². The predicted molar refractivity (Wildman–Crippen MR) is 371 cm³/mol. The molecule has 15 rings (SSSR count). The molecule has 1 N–H and O–H groups in total. The molecule has 0 radical (unpaired) electrons. The van der Waals surface area contributed by atoms with E-state index < -0.39 is 5.41 Å². The van der Waals surface area contributed by atoms with Crippen molar-refractivity contribution in [3.63, 3.8) is 0 Å². The van der Waals surface area contributed by atoms with Gasteiger partial charge in [0.05, 0.1) is 5.41 Å². The van der Waals surface area contributed by atoms with Crippen molar-refractivity contribution in [3.05, 3.63) is 281 Å². The number of thiophene rings is 1. The molecule has 0 bridgehead atoms. The number of nitrogens with zero attached hydrogens (tertiary/aromatic N) is 2. The lowest BCUT2D eigenvalue weighted by molar-refractivity contribution is 0.332. The normalized spacial score (nSPS) is 15.0. The summed E-state index contributed by atoms with van der Waals surface area (Å²) < 4.78 is 2.57. The van der Waals surface area contributed by atoms with Crippen LogP contribution in [0, 0.1) is 0 Å². The summed E-state index contributed by atoms with van der Waals surface area (Å²) in [6.45, 7) is 23.4. The van der Waals surface area contributed by atoms with E-state index in [1.807, 2.05) is 11.3 Å². The van der Waals surface area contributed by atoms with Gasteiger partial charge in [0, 0.05) is 65.5 Å². The molecule has 422 valence electrons. The summed E-state index contributed by atoms with van der Waals surface area (Å²) >= 11 is 1.91. The van der Waals surface area contributed by atoms with E-state index in [9.17, 15) is 0 Å². The second-order valence-electron chi connectivity index (χ2n) is 28.0. The maximum atomic E-state index is 4.39. The quantitative estimate of drug-likeness (QED) is 0.121. The fourth-order valence-electron chi connectivity index (χ4n) is 15.0. The van der Waals surface area contributed by atoms with Crippen molar-refractivity contribution in [1.29, 1.82) is 0 Å². The maximum Gasteiger partial charge on any atom is 0.333 e. The molecule has 0 saturated heterocycles. The molecule has 0 spiro atoms. The van der Waals surface area contributed by atoms with Crippen molar-refractivity contribution >= 4 is 99.9 Å². The average Bonchev–Trinajstić information content (AvgIpc) is 1.27. The summed E-state index contributed by atoms with van der Waals surface area (Å²) in [6, 6.07) is 90.9. The highest BCUT2D eigenvalue weighted by atomic mass is 32.1. The lowest BCUT2D eigenvalue weighted by Gasteiger charge is -2.46. The lowest BCUT2D eigenvalue weighted by atomic mass is 9.43. The fourth-order valence-corrected chi connectivity index (χ4v) is 16.2. The molecule has 2 aliphatic heterocycles. The minimum absolute atomic E-state index is 0.00837. The Kier molecular flexibility index (Phi) is 12.4. The molecule has 1 aromatic heterocycles. The van der Waals surface area contributed by atoms with Gasteiger partial charge < -0.3 is 15.0 Å². The zero-order valence-corrected chi connectivity index (χ0v) is 52.1. The summed E-state index contributed by atoms with van der Waals surface area (Å²) in [5.41, 5.74) is 22.8. The Morgan fingerprint density at radius 2 is 1.06 bits per heavy atom. The zero-order chi connectivity index (χ0) is 59.1. The molecule has 3 heterocycles. The molecule has 0 saturated carbocycles. The third-order valence-corrected chi connectivity index (χ3v) is 20.9. The summed E-state index contributed by atoms with van der Waals surface area (Å²) in [7, 11) is 0. The zero-order valence-electron chi connectivity index (χ0n) is 51.3. The molecule has 5 heteroatoms. The Morgan fingerprint density at radius 1 is 0.477 bits per heavy atom. The minimum atomic E-state index is -0.746. The maximum absolute atomic E-state index is 4.39. The van der Waals surface area contributed by atoms with Gasteiger partial charge in [-0.05, 0) is 173 Å². The number of nitrogens with one attached hydrogen (secondary N) is 1. The molecule has 86 heavy (non-hydrogen) atoms. The van der Waals surface area contributed by atoms with Crippen LogP contribution in [0.4, 0.5) is 39.8 Å². The SMILES string of the molecule is CC(C)(C)c1ccc(N(c2ccc(C(C)(C)C)cc2)c2ccc3c(c2)N(c2ccc4c(c2)C(C)(C)CCC4(C)C)B2c4cccc(C(c5ccccc5)(c5ccccc5)c5ccc6ccccc6c5)c4Nc4cc5sc6ccccc6c5c-3c42)cc1. The van der Waals surface area contributed by atoms with Crippen LogP contribution in [0.3, 0.4) is 0 Å². The van der Waals surface area contributed by atoms with E-state index in [4.69, 9.17) is 0 Å². The van der Waals surface area contributed by atoms with Crippen molar-refractivity contribution < 1.29 is 0 Å². The Labute approximate surface area is 513 Å². The first-order chi connectivity index (χ1) is 41.4. The van der Waals surface area contributed by atoms with Crippen molar-refractivity contribution in [3.8, 4) is 11.1 Å². The van der Waals surface area contributed by atoms with Crippen molar-refractivity contribution in [1.82, 2.24) is 0 Å². The molecule has 12 aromatic rings. The molecule has 3 nitrogen and oxygen atoms in total. The number of hydrogen-bond acceptors (Lipinski definition) is 4. The van der Waals surface area contributed by atoms with Gasteiger partial charge in [-0.1, -0.05) is 239 Å². The predicted octanol–water partition coefficient (Wildman–Crippen LogP) is 21.0. The monoisotopic (exact) mass is 1130 g/mol.